The normalized spacial score (nSPS) is 10.2. The Hall–Kier alpha value is -1.98. The number of hydrogen-bond acceptors (Lipinski definition) is 4. The predicted octanol–water partition coefficient (Wildman–Crippen LogP) is 3.07. The Morgan fingerprint density at radius 3 is 2.62 bits per heavy atom. The number of ether oxygens (including phenoxy) is 2. The smallest absolute Gasteiger partial charge is 0.248 e. The molecule has 0 saturated heterocycles. The van der Waals surface area contributed by atoms with Crippen LogP contribution in [0, 0.1) is 0 Å². The molecule has 0 aliphatic rings. The van der Waals surface area contributed by atoms with Crippen molar-refractivity contribution in [1.29, 1.82) is 0 Å². The van der Waals surface area contributed by atoms with Crippen LogP contribution in [-0.4, -0.2) is 18.0 Å². The van der Waals surface area contributed by atoms with Gasteiger partial charge in [-0.15, -0.1) is 0 Å². The highest BCUT2D eigenvalue weighted by Crippen LogP contribution is 2.27. The number of nitrogens with two attached hydrogens (primary N) is 1. The number of methoxy groups -OCH3 is 1. The molecular weight excluding hydrogens is 315 g/mol. The van der Waals surface area contributed by atoms with E-state index in [0.29, 0.717) is 27.2 Å². The van der Waals surface area contributed by atoms with Crippen LogP contribution in [0.5, 0.6) is 11.6 Å². The van der Waals surface area contributed by atoms with Gasteiger partial charge in [-0.25, -0.2) is 4.98 Å². The van der Waals surface area contributed by atoms with Crippen LogP contribution in [0.4, 0.5) is 0 Å². The van der Waals surface area contributed by atoms with Crippen LogP contribution in [0.2, 0.25) is 10.0 Å². The zero-order valence-electron chi connectivity index (χ0n) is 11.1. The molecule has 0 bridgehead atoms. The van der Waals surface area contributed by atoms with Crippen molar-refractivity contribution in [1.82, 2.24) is 4.98 Å². The molecule has 0 unspecified atom stereocenters. The van der Waals surface area contributed by atoms with Gasteiger partial charge >= 0.3 is 0 Å². The maximum atomic E-state index is 11.0. The number of halogens is 2. The van der Waals surface area contributed by atoms with E-state index >= 15 is 0 Å². The third kappa shape index (κ3) is 3.77. The van der Waals surface area contributed by atoms with E-state index in [0.717, 1.165) is 5.56 Å². The van der Waals surface area contributed by atoms with E-state index in [4.69, 9.17) is 38.4 Å². The predicted molar refractivity (Wildman–Crippen MR) is 80.1 cm³/mol. The van der Waals surface area contributed by atoms with Crippen LogP contribution in [0.3, 0.4) is 0 Å². The van der Waals surface area contributed by atoms with Crippen molar-refractivity contribution in [2.24, 2.45) is 5.73 Å². The lowest BCUT2D eigenvalue weighted by Crippen LogP contribution is -2.10. The summed E-state index contributed by atoms with van der Waals surface area (Å²) in [6.45, 7) is 0.229. The van der Waals surface area contributed by atoms with Crippen molar-refractivity contribution in [3.63, 3.8) is 0 Å². The Balaban J connectivity index is 2.09. The fraction of sp³-hybridized carbons (Fsp3) is 0.143. The highest BCUT2D eigenvalue weighted by Gasteiger charge is 2.08. The van der Waals surface area contributed by atoms with E-state index < -0.39 is 5.91 Å². The number of pyridine rings is 1. The van der Waals surface area contributed by atoms with Crippen LogP contribution < -0.4 is 15.2 Å². The zero-order chi connectivity index (χ0) is 15.4. The Bertz CT molecular complexity index is 677. The first-order valence-corrected chi connectivity index (χ1v) is 6.67. The summed E-state index contributed by atoms with van der Waals surface area (Å²) in [6, 6.07) is 6.28. The molecule has 0 atom stereocenters. The van der Waals surface area contributed by atoms with Crippen LogP contribution in [0.1, 0.15) is 15.9 Å². The highest BCUT2D eigenvalue weighted by atomic mass is 35.5. The Kier molecular flexibility index (Phi) is 4.88. The van der Waals surface area contributed by atoms with Gasteiger partial charge in [-0.1, -0.05) is 23.2 Å². The molecule has 0 fully saturated rings. The third-order valence-electron chi connectivity index (χ3n) is 2.67. The lowest BCUT2D eigenvalue weighted by molar-refractivity contribution is 0.1000. The van der Waals surface area contributed by atoms with E-state index in [-0.39, 0.29) is 6.61 Å². The van der Waals surface area contributed by atoms with Gasteiger partial charge in [-0.2, -0.15) is 0 Å². The van der Waals surface area contributed by atoms with Crippen LogP contribution in [0.25, 0.3) is 0 Å². The maximum Gasteiger partial charge on any atom is 0.248 e. The number of primary amides is 1. The molecular formula is C14H12Cl2N2O3. The van der Waals surface area contributed by atoms with Gasteiger partial charge in [0.2, 0.25) is 11.8 Å². The second kappa shape index (κ2) is 6.65. The van der Waals surface area contributed by atoms with Crippen molar-refractivity contribution in [3.8, 4) is 11.6 Å². The van der Waals surface area contributed by atoms with E-state index in [1.165, 1.54) is 13.2 Å². The Labute approximate surface area is 131 Å². The molecule has 110 valence electrons. The summed E-state index contributed by atoms with van der Waals surface area (Å²) in [5.74, 6) is 0.243. The van der Waals surface area contributed by atoms with Crippen LogP contribution >= 0.6 is 23.2 Å². The van der Waals surface area contributed by atoms with Crippen molar-refractivity contribution in [3.05, 3.63) is 51.6 Å². The van der Waals surface area contributed by atoms with Crippen molar-refractivity contribution in [2.75, 3.05) is 7.11 Å². The standard InChI is InChI=1S/C14H12Cl2N2O3/c1-20-14-11(16)4-8(6-18-14)7-21-12-3-2-9(13(17)19)5-10(12)15/h2-6H,7H2,1H3,(H2,17,19). The van der Waals surface area contributed by atoms with E-state index in [1.807, 2.05) is 0 Å². The SMILES string of the molecule is COc1ncc(COc2ccc(C(N)=O)cc2Cl)cc1Cl. The molecule has 5 nitrogen and oxygen atoms in total. The lowest BCUT2D eigenvalue weighted by Gasteiger charge is -2.09. The molecule has 2 N–H and O–H groups in total. The van der Waals surface area contributed by atoms with Crippen LogP contribution in [-0.2, 0) is 6.61 Å². The van der Waals surface area contributed by atoms with Crippen molar-refractivity contribution in [2.45, 2.75) is 6.61 Å². The summed E-state index contributed by atoms with van der Waals surface area (Å²) in [7, 11) is 1.49. The zero-order valence-corrected chi connectivity index (χ0v) is 12.6. The molecule has 21 heavy (non-hydrogen) atoms. The highest BCUT2D eigenvalue weighted by molar-refractivity contribution is 6.32. The first kappa shape index (κ1) is 15.4. The monoisotopic (exact) mass is 326 g/mol. The minimum atomic E-state index is -0.547. The molecule has 1 heterocycles. The van der Waals surface area contributed by atoms with Gasteiger partial charge in [0.15, 0.2) is 0 Å². The molecule has 0 aliphatic carbocycles. The minimum Gasteiger partial charge on any atom is -0.487 e. The van der Waals surface area contributed by atoms with E-state index in [9.17, 15) is 4.79 Å². The number of amides is 1. The second-order valence-electron chi connectivity index (χ2n) is 4.13. The molecule has 2 aromatic rings. The molecule has 1 aromatic heterocycles. The van der Waals surface area contributed by atoms with Gasteiger partial charge in [-0.3, -0.25) is 4.79 Å². The summed E-state index contributed by atoms with van der Waals surface area (Å²) in [5, 5.41) is 0.702. The van der Waals surface area contributed by atoms with Gasteiger partial charge in [0.05, 0.1) is 12.1 Å². The molecule has 0 radical (unpaired) electrons. The van der Waals surface area contributed by atoms with Gasteiger partial charge in [0.25, 0.3) is 0 Å². The molecule has 0 spiro atoms. The largest absolute Gasteiger partial charge is 0.487 e. The molecule has 1 aromatic carbocycles. The van der Waals surface area contributed by atoms with Gasteiger partial charge < -0.3 is 15.2 Å². The van der Waals surface area contributed by atoms with Gasteiger partial charge in [0, 0.05) is 17.3 Å². The quantitative estimate of drug-likeness (QED) is 0.916. The average molecular weight is 327 g/mol. The summed E-state index contributed by atoms with van der Waals surface area (Å²) in [4.78, 5) is 15.1. The first-order valence-electron chi connectivity index (χ1n) is 5.92. The molecule has 7 heteroatoms. The van der Waals surface area contributed by atoms with Crippen LogP contribution in [0.15, 0.2) is 30.5 Å². The molecule has 0 aliphatic heterocycles. The average Bonchev–Trinajstić information content (AvgIpc) is 2.46. The number of carbonyl (C=O) groups is 1. The minimum absolute atomic E-state index is 0.229. The van der Waals surface area contributed by atoms with E-state index in [1.54, 1.807) is 24.4 Å². The number of aromatic nitrogens is 1. The lowest BCUT2D eigenvalue weighted by atomic mass is 10.2. The number of nitrogens with zero attached hydrogens (tertiary/aromatic N) is 1. The van der Waals surface area contributed by atoms with Crippen molar-refractivity contribution >= 4 is 29.1 Å². The molecule has 1 amide bonds. The summed E-state index contributed by atoms with van der Waals surface area (Å²) < 4.78 is 10.5. The Morgan fingerprint density at radius 2 is 2.05 bits per heavy atom. The third-order valence-corrected chi connectivity index (χ3v) is 3.23. The van der Waals surface area contributed by atoms with Gasteiger partial charge in [-0.05, 0) is 24.3 Å². The van der Waals surface area contributed by atoms with Gasteiger partial charge in [0.1, 0.15) is 17.4 Å². The number of benzene rings is 1. The summed E-state index contributed by atoms with van der Waals surface area (Å²) in [6.07, 6.45) is 1.59. The number of hydrogen-bond donors (Lipinski definition) is 1. The summed E-state index contributed by atoms with van der Waals surface area (Å²) >= 11 is 12.0. The van der Waals surface area contributed by atoms with E-state index in [2.05, 4.69) is 4.98 Å². The topological polar surface area (TPSA) is 74.4 Å². The second-order valence-corrected chi connectivity index (χ2v) is 4.95. The fourth-order valence-corrected chi connectivity index (χ4v) is 2.13. The molecule has 0 saturated carbocycles. The maximum absolute atomic E-state index is 11.0. The fourth-order valence-electron chi connectivity index (χ4n) is 1.63. The number of carbonyl (C=O) groups excluding carboxylic acids is 1. The Morgan fingerprint density at radius 1 is 1.29 bits per heavy atom. The molecule has 2 rings (SSSR count). The summed E-state index contributed by atoms with van der Waals surface area (Å²) in [5.41, 5.74) is 6.25. The first-order chi connectivity index (χ1) is 10.0. The number of rotatable bonds is 5. The van der Waals surface area contributed by atoms with Crippen molar-refractivity contribution < 1.29 is 14.3 Å².